The Morgan fingerprint density at radius 2 is 1.92 bits per heavy atom. The molecule has 0 bridgehead atoms. The number of rotatable bonds is 4. The van der Waals surface area contributed by atoms with E-state index in [1.54, 1.807) is 12.1 Å². The number of anilines is 1. The number of thiophene rings is 1. The second-order valence-electron chi connectivity index (χ2n) is 5.95. The number of nitrogens with zero attached hydrogens (tertiary/aromatic N) is 1. The van der Waals surface area contributed by atoms with E-state index in [-0.39, 0.29) is 5.57 Å². The van der Waals surface area contributed by atoms with Crippen LogP contribution in [0.25, 0.3) is 6.08 Å². The average molecular weight is 430 g/mol. The molecule has 0 spiro atoms. The fourth-order valence-corrected chi connectivity index (χ4v) is 4.51. The van der Waals surface area contributed by atoms with Crippen molar-refractivity contribution in [2.75, 3.05) is 5.32 Å². The first-order chi connectivity index (χ1) is 12.5. The lowest BCUT2D eigenvalue weighted by Crippen LogP contribution is -2.19. The molecule has 0 saturated heterocycles. The molecule has 0 fully saturated rings. The number of fused-ring (bicyclic) bond motifs is 1. The Morgan fingerprint density at radius 1 is 1.23 bits per heavy atom. The van der Waals surface area contributed by atoms with E-state index >= 15 is 0 Å². The molecule has 1 aromatic carbocycles. The highest BCUT2D eigenvalue weighted by Gasteiger charge is 2.25. The monoisotopic (exact) mass is 429 g/mol. The molecule has 0 unspecified atom stereocenters. The summed E-state index contributed by atoms with van der Waals surface area (Å²) in [5.41, 5.74) is 7.57. The summed E-state index contributed by atoms with van der Waals surface area (Å²) in [5.74, 6) is -1.09. The van der Waals surface area contributed by atoms with Crippen molar-refractivity contribution in [3.8, 4) is 6.07 Å². The van der Waals surface area contributed by atoms with Gasteiger partial charge in [0.05, 0.1) is 5.56 Å². The molecule has 26 heavy (non-hydrogen) atoms. The molecule has 3 N–H and O–H groups in total. The van der Waals surface area contributed by atoms with E-state index in [2.05, 4.69) is 21.2 Å². The molecule has 1 aromatic heterocycles. The summed E-state index contributed by atoms with van der Waals surface area (Å²) in [6, 6.07) is 9.18. The summed E-state index contributed by atoms with van der Waals surface area (Å²) < 4.78 is 0.910. The summed E-state index contributed by atoms with van der Waals surface area (Å²) in [5, 5.41) is 12.5. The van der Waals surface area contributed by atoms with Crippen molar-refractivity contribution in [2.45, 2.75) is 25.7 Å². The van der Waals surface area contributed by atoms with Crippen LogP contribution in [-0.2, 0) is 17.6 Å². The summed E-state index contributed by atoms with van der Waals surface area (Å²) in [4.78, 5) is 25.5. The number of aryl methyl sites for hydroxylation is 1. The molecule has 0 saturated carbocycles. The van der Waals surface area contributed by atoms with E-state index in [1.807, 2.05) is 18.2 Å². The van der Waals surface area contributed by atoms with Gasteiger partial charge in [-0.05, 0) is 55.0 Å². The topological polar surface area (TPSA) is 96.0 Å². The predicted octanol–water partition coefficient (Wildman–Crippen LogP) is 4.03. The number of halogens is 1. The van der Waals surface area contributed by atoms with Crippen molar-refractivity contribution in [3.05, 3.63) is 55.9 Å². The zero-order valence-corrected chi connectivity index (χ0v) is 16.2. The number of hydrogen-bond acceptors (Lipinski definition) is 4. The number of nitrogens with one attached hydrogen (secondary N) is 1. The van der Waals surface area contributed by atoms with Gasteiger partial charge >= 0.3 is 0 Å². The van der Waals surface area contributed by atoms with E-state index in [0.29, 0.717) is 10.6 Å². The molecule has 2 amide bonds. The van der Waals surface area contributed by atoms with Crippen LogP contribution in [0.15, 0.2) is 34.3 Å². The lowest BCUT2D eigenvalue weighted by Gasteiger charge is -2.11. The SMILES string of the molecule is N#C/C(=C\c1ccc(Br)cc1)C(=O)Nc1sc2c(c1C(N)=O)CCCC2. The predicted molar refractivity (Wildman–Crippen MR) is 106 cm³/mol. The van der Waals surface area contributed by atoms with Crippen LogP contribution in [-0.4, -0.2) is 11.8 Å². The number of nitrogens with two attached hydrogens (primary N) is 1. The average Bonchev–Trinajstić information content (AvgIpc) is 2.99. The largest absolute Gasteiger partial charge is 0.365 e. The lowest BCUT2D eigenvalue weighted by molar-refractivity contribution is -0.112. The zero-order chi connectivity index (χ0) is 18.7. The first-order valence-corrected chi connectivity index (χ1v) is 9.73. The summed E-state index contributed by atoms with van der Waals surface area (Å²) in [7, 11) is 0. The van der Waals surface area contributed by atoms with Crippen LogP contribution in [0.1, 0.15) is 39.2 Å². The van der Waals surface area contributed by atoms with Gasteiger partial charge in [-0.3, -0.25) is 9.59 Å². The minimum Gasteiger partial charge on any atom is -0.365 e. The van der Waals surface area contributed by atoms with Gasteiger partial charge < -0.3 is 11.1 Å². The number of carbonyl (C=O) groups excluding carboxylic acids is 2. The van der Waals surface area contributed by atoms with Crippen molar-refractivity contribution < 1.29 is 9.59 Å². The first kappa shape index (κ1) is 18.4. The molecule has 1 aliphatic carbocycles. The molecule has 0 atom stereocenters. The van der Waals surface area contributed by atoms with Crippen molar-refractivity contribution in [1.82, 2.24) is 0 Å². The Kier molecular flexibility index (Phi) is 5.55. The second-order valence-corrected chi connectivity index (χ2v) is 7.98. The second kappa shape index (κ2) is 7.85. The molecule has 0 radical (unpaired) electrons. The standard InChI is InChI=1S/C19H16BrN3O2S/c20-13-7-5-11(6-8-13)9-12(10-21)18(25)23-19-16(17(22)24)14-3-1-2-4-15(14)26-19/h5-9H,1-4H2,(H2,22,24)(H,23,25)/b12-9+. The van der Waals surface area contributed by atoms with Crippen LogP contribution in [0, 0.1) is 11.3 Å². The minimum absolute atomic E-state index is 0.0332. The summed E-state index contributed by atoms with van der Waals surface area (Å²) in [6.45, 7) is 0. The van der Waals surface area contributed by atoms with Crippen LogP contribution >= 0.6 is 27.3 Å². The Hall–Kier alpha value is -2.43. The van der Waals surface area contributed by atoms with Crippen LogP contribution < -0.4 is 11.1 Å². The van der Waals surface area contributed by atoms with Gasteiger partial charge in [-0.15, -0.1) is 11.3 Å². The maximum absolute atomic E-state index is 12.5. The van der Waals surface area contributed by atoms with Crippen molar-refractivity contribution >= 4 is 50.2 Å². The van der Waals surface area contributed by atoms with Crippen LogP contribution in [0.3, 0.4) is 0 Å². The number of amides is 2. The van der Waals surface area contributed by atoms with E-state index < -0.39 is 11.8 Å². The summed E-state index contributed by atoms with van der Waals surface area (Å²) in [6.07, 6.45) is 5.26. The Balaban J connectivity index is 1.89. The van der Waals surface area contributed by atoms with Crippen LogP contribution in [0.5, 0.6) is 0 Å². The number of carbonyl (C=O) groups is 2. The fourth-order valence-electron chi connectivity index (χ4n) is 2.96. The smallest absolute Gasteiger partial charge is 0.266 e. The quantitative estimate of drug-likeness (QED) is 0.566. The number of benzene rings is 1. The fraction of sp³-hybridized carbons (Fsp3) is 0.211. The highest BCUT2D eigenvalue weighted by atomic mass is 79.9. The maximum atomic E-state index is 12.5. The molecule has 132 valence electrons. The first-order valence-electron chi connectivity index (χ1n) is 8.12. The van der Waals surface area contributed by atoms with E-state index in [0.717, 1.165) is 46.2 Å². The molecular weight excluding hydrogens is 414 g/mol. The Bertz CT molecular complexity index is 939. The third kappa shape index (κ3) is 3.87. The van der Waals surface area contributed by atoms with Gasteiger partial charge in [0.2, 0.25) is 0 Å². The molecule has 2 aromatic rings. The van der Waals surface area contributed by atoms with Gasteiger partial charge in [-0.1, -0.05) is 28.1 Å². The molecule has 1 aliphatic rings. The number of hydrogen-bond donors (Lipinski definition) is 2. The van der Waals surface area contributed by atoms with Gasteiger partial charge in [0.1, 0.15) is 16.6 Å². The van der Waals surface area contributed by atoms with Crippen LogP contribution in [0.4, 0.5) is 5.00 Å². The Morgan fingerprint density at radius 3 is 2.58 bits per heavy atom. The number of nitriles is 1. The highest BCUT2D eigenvalue weighted by Crippen LogP contribution is 2.38. The lowest BCUT2D eigenvalue weighted by atomic mass is 9.95. The summed E-state index contributed by atoms with van der Waals surface area (Å²) >= 11 is 4.72. The molecular formula is C19H16BrN3O2S. The van der Waals surface area contributed by atoms with Crippen molar-refractivity contribution in [3.63, 3.8) is 0 Å². The van der Waals surface area contributed by atoms with Gasteiger partial charge in [-0.25, -0.2) is 0 Å². The molecule has 0 aliphatic heterocycles. The maximum Gasteiger partial charge on any atom is 0.266 e. The third-order valence-electron chi connectivity index (χ3n) is 4.19. The number of primary amides is 1. The molecule has 1 heterocycles. The molecule has 7 heteroatoms. The van der Waals surface area contributed by atoms with E-state index in [4.69, 9.17) is 5.73 Å². The van der Waals surface area contributed by atoms with Gasteiger partial charge in [-0.2, -0.15) is 5.26 Å². The van der Waals surface area contributed by atoms with Gasteiger partial charge in [0.15, 0.2) is 0 Å². The zero-order valence-electron chi connectivity index (χ0n) is 13.8. The Labute approximate surface area is 163 Å². The van der Waals surface area contributed by atoms with Gasteiger partial charge in [0, 0.05) is 9.35 Å². The highest BCUT2D eigenvalue weighted by molar-refractivity contribution is 9.10. The van der Waals surface area contributed by atoms with Crippen molar-refractivity contribution in [2.24, 2.45) is 5.73 Å². The normalized spacial score (nSPS) is 13.6. The van der Waals surface area contributed by atoms with Gasteiger partial charge in [0.25, 0.3) is 11.8 Å². The third-order valence-corrected chi connectivity index (χ3v) is 5.93. The molecule has 3 rings (SSSR count). The minimum atomic E-state index is -0.546. The van der Waals surface area contributed by atoms with E-state index in [9.17, 15) is 14.9 Å². The molecule has 5 nitrogen and oxygen atoms in total. The van der Waals surface area contributed by atoms with Crippen molar-refractivity contribution in [1.29, 1.82) is 5.26 Å². The van der Waals surface area contributed by atoms with Crippen LogP contribution in [0.2, 0.25) is 0 Å². The van der Waals surface area contributed by atoms with E-state index in [1.165, 1.54) is 17.4 Å².